The molecule has 4 nitrogen and oxygen atoms in total. The molecule has 106 valence electrons. The predicted octanol–water partition coefficient (Wildman–Crippen LogP) is 1.97. The molecule has 1 aliphatic heterocycles. The Morgan fingerprint density at radius 3 is 2.58 bits per heavy atom. The highest BCUT2D eigenvalue weighted by Gasteiger charge is 2.41. The van der Waals surface area contributed by atoms with Crippen LogP contribution in [-0.2, 0) is 16.6 Å². The van der Waals surface area contributed by atoms with Crippen LogP contribution in [-0.4, -0.2) is 31.9 Å². The summed E-state index contributed by atoms with van der Waals surface area (Å²) in [5.41, 5.74) is 0.540. The maximum absolute atomic E-state index is 12.8. The molecule has 1 saturated heterocycles. The number of hydrogen-bond donors (Lipinski definition) is 1. The maximum Gasteiger partial charge on any atom is 0.243 e. The smallest absolute Gasteiger partial charge is 0.243 e. The Hall–Kier alpha value is -0.910. The third-order valence-corrected chi connectivity index (χ3v) is 5.94. The van der Waals surface area contributed by atoms with E-state index in [1.54, 1.807) is 16.4 Å². The molecule has 1 aromatic rings. The SMILES string of the molecule is CNCc1ccccc1S(=O)(=O)N1CCCC1(C)C. The van der Waals surface area contributed by atoms with Gasteiger partial charge in [-0.15, -0.1) is 0 Å². The van der Waals surface area contributed by atoms with Crippen molar-refractivity contribution in [3.63, 3.8) is 0 Å². The summed E-state index contributed by atoms with van der Waals surface area (Å²) in [6.45, 7) is 5.17. The Labute approximate surface area is 115 Å². The van der Waals surface area contributed by atoms with Crippen LogP contribution in [0.5, 0.6) is 0 Å². The Bertz CT molecular complexity index is 552. The molecule has 0 bridgehead atoms. The minimum absolute atomic E-state index is 0.286. The van der Waals surface area contributed by atoms with Crippen molar-refractivity contribution in [1.29, 1.82) is 0 Å². The molecule has 2 rings (SSSR count). The fourth-order valence-electron chi connectivity index (χ4n) is 2.74. The second-order valence-corrected chi connectivity index (χ2v) is 7.46. The Balaban J connectivity index is 2.45. The molecule has 0 spiro atoms. The van der Waals surface area contributed by atoms with Gasteiger partial charge in [-0.2, -0.15) is 4.31 Å². The summed E-state index contributed by atoms with van der Waals surface area (Å²) >= 11 is 0. The lowest BCUT2D eigenvalue weighted by Gasteiger charge is -2.31. The normalized spacial score (nSPS) is 19.7. The van der Waals surface area contributed by atoms with Gasteiger partial charge >= 0.3 is 0 Å². The molecule has 1 fully saturated rings. The zero-order valence-corrected chi connectivity index (χ0v) is 12.6. The summed E-state index contributed by atoms with van der Waals surface area (Å²) in [6.07, 6.45) is 1.85. The van der Waals surface area contributed by atoms with E-state index in [4.69, 9.17) is 0 Å². The molecule has 19 heavy (non-hydrogen) atoms. The number of rotatable bonds is 4. The topological polar surface area (TPSA) is 49.4 Å². The van der Waals surface area contributed by atoms with E-state index in [1.165, 1.54) is 0 Å². The molecule has 0 unspecified atom stereocenters. The lowest BCUT2D eigenvalue weighted by Crippen LogP contribution is -2.42. The first-order valence-corrected chi connectivity index (χ1v) is 8.09. The van der Waals surface area contributed by atoms with Crippen molar-refractivity contribution in [1.82, 2.24) is 9.62 Å². The van der Waals surface area contributed by atoms with E-state index in [9.17, 15) is 8.42 Å². The molecule has 0 aromatic heterocycles. The van der Waals surface area contributed by atoms with Crippen LogP contribution in [0.25, 0.3) is 0 Å². The highest BCUT2D eigenvalue weighted by Crippen LogP contribution is 2.34. The van der Waals surface area contributed by atoms with Gasteiger partial charge in [0.2, 0.25) is 10.0 Å². The summed E-state index contributed by atoms with van der Waals surface area (Å²) in [6, 6.07) is 7.23. The fourth-order valence-corrected chi connectivity index (χ4v) is 4.81. The largest absolute Gasteiger partial charge is 0.316 e. The van der Waals surface area contributed by atoms with E-state index >= 15 is 0 Å². The second-order valence-electron chi connectivity index (χ2n) is 5.63. The summed E-state index contributed by atoms with van der Waals surface area (Å²) in [5.74, 6) is 0. The third kappa shape index (κ3) is 2.68. The lowest BCUT2D eigenvalue weighted by atomic mass is 10.0. The first-order chi connectivity index (χ1) is 8.89. The molecule has 0 amide bonds. The van der Waals surface area contributed by atoms with Crippen molar-refractivity contribution >= 4 is 10.0 Å². The molecule has 1 aromatic carbocycles. The molecule has 1 heterocycles. The molecule has 1 N–H and O–H groups in total. The van der Waals surface area contributed by atoms with Crippen molar-refractivity contribution in [3.05, 3.63) is 29.8 Å². The van der Waals surface area contributed by atoms with Crippen LogP contribution in [0.1, 0.15) is 32.3 Å². The standard InChI is InChI=1S/C14H22N2O2S/c1-14(2)9-6-10-16(14)19(17,18)13-8-5-4-7-12(13)11-15-3/h4-5,7-8,15H,6,9-11H2,1-3H3. The maximum atomic E-state index is 12.8. The van der Waals surface area contributed by atoms with E-state index < -0.39 is 10.0 Å². The van der Waals surface area contributed by atoms with Gasteiger partial charge in [-0.05, 0) is 45.4 Å². The van der Waals surface area contributed by atoms with Gasteiger partial charge in [0.25, 0.3) is 0 Å². The fraction of sp³-hybridized carbons (Fsp3) is 0.571. The van der Waals surface area contributed by atoms with E-state index in [2.05, 4.69) is 5.32 Å². The van der Waals surface area contributed by atoms with Crippen LogP contribution in [0.15, 0.2) is 29.2 Å². The second kappa shape index (κ2) is 5.23. The zero-order chi connectivity index (χ0) is 14.1. The first kappa shape index (κ1) is 14.5. The van der Waals surface area contributed by atoms with Gasteiger partial charge in [0.15, 0.2) is 0 Å². The summed E-state index contributed by atoms with van der Waals surface area (Å²) in [4.78, 5) is 0.430. The zero-order valence-electron chi connectivity index (χ0n) is 11.8. The number of sulfonamides is 1. The Kier molecular flexibility index (Phi) is 3.99. The average molecular weight is 282 g/mol. The van der Waals surface area contributed by atoms with Crippen LogP contribution in [0.4, 0.5) is 0 Å². The van der Waals surface area contributed by atoms with Crippen molar-refractivity contribution in [2.45, 2.75) is 43.7 Å². The molecule has 0 saturated carbocycles. The van der Waals surface area contributed by atoms with Gasteiger partial charge in [0.1, 0.15) is 0 Å². The Morgan fingerprint density at radius 1 is 1.32 bits per heavy atom. The van der Waals surface area contributed by atoms with E-state index in [1.807, 2.05) is 33.0 Å². The van der Waals surface area contributed by atoms with Gasteiger partial charge in [0, 0.05) is 18.6 Å². The number of hydrogen-bond acceptors (Lipinski definition) is 3. The molecular weight excluding hydrogens is 260 g/mol. The van der Waals surface area contributed by atoms with Crippen LogP contribution in [0.3, 0.4) is 0 Å². The van der Waals surface area contributed by atoms with Crippen LogP contribution in [0.2, 0.25) is 0 Å². The highest BCUT2D eigenvalue weighted by atomic mass is 32.2. The molecule has 0 radical (unpaired) electrons. The predicted molar refractivity (Wildman–Crippen MR) is 76.4 cm³/mol. The van der Waals surface area contributed by atoms with Gasteiger partial charge in [-0.25, -0.2) is 8.42 Å². The quantitative estimate of drug-likeness (QED) is 0.918. The summed E-state index contributed by atoms with van der Waals surface area (Å²) in [5, 5.41) is 3.02. The molecular formula is C14H22N2O2S. The summed E-state index contributed by atoms with van der Waals surface area (Å²) in [7, 11) is -1.58. The van der Waals surface area contributed by atoms with Crippen molar-refractivity contribution in [2.75, 3.05) is 13.6 Å². The number of benzene rings is 1. The van der Waals surface area contributed by atoms with Crippen molar-refractivity contribution < 1.29 is 8.42 Å². The van der Waals surface area contributed by atoms with Gasteiger partial charge < -0.3 is 5.32 Å². The van der Waals surface area contributed by atoms with Crippen molar-refractivity contribution in [3.8, 4) is 0 Å². The minimum atomic E-state index is -3.41. The van der Waals surface area contributed by atoms with Crippen LogP contribution < -0.4 is 5.32 Å². The lowest BCUT2D eigenvalue weighted by molar-refractivity contribution is 0.291. The van der Waals surface area contributed by atoms with Gasteiger partial charge in [-0.1, -0.05) is 18.2 Å². The average Bonchev–Trinajstić information content (AvgIpc) is 2.70. The van der Waals surface area contributed by atoms with Gasteiger partial charge in [0.05, 0.1) is 4.90 Å². The number of nitrogens with one attached hydrogen (secondary N) is 1. The molecule has 0 aliphatic carbocycles. The Morgan fingerprint density at radius 2 is 2.00 bits per heavy atom. The van der Waals surface area contributed by atoms with Crippen LogP contribution >= 0.6 is 0 Å². The van der Waals surface area contributed by atoms with Gasteiger partial charge in [-0.3, -0.25) is 0 Å². The molecule has 5 heteroatoms. The van der Waals surface area contributed by atoms with Crippen molar-refractivity contribution in [2.24, 2.45) is 0 Å². The molecule has 0 atom stereocenters. The summed E-state index contributed by atoms with van der Waals surface area (Å²) < 4.78 is 27.3. The highest BCUT2D eigenvalue weighted by molar-refractivity contribution is 7.89. The first-order valence-electron chi connectivity index (χ1n) is 6.65. The minimum Gasteiger partial charge on any atom is -0.316 e. The van der Waals surface area contributed by atoms with Crippen LogP contribution in [0, 0.1) is 0 Å². The monoisotopic (exact) mass is 282 g/mol. The molecule has 1 aliphatic rings. The van der Waals surface area contributed by atoms with E-state index in [0.717, 1.165) is 18.4 Å². The number of nitrogens with zero attached hydrogens (tertiary/aromatic N) is 1. The third-order valence-electron chi connectivity index (χ3n) is 3.73. The van der Waals surface area contributed by atoms with E-state index in [0.29, 0.717) is 18.0 Å². The van der Waals surface area contributed by atoms with E-state index in [-0.39, 0.29) is 5.54 Å².